The highest BCUT2D eigenvalue weighted by molar-refractivity contribution is 6.33. The van der Waals surface area contributed by atoms with Gasteiger partial charge in [-0.1, -0.05) is 31.0 Å². The fourth-order valence-electron chi connectivity index (χ4n) is 2.23. The number of halogens is 1. The predicted octanol–water partition coefficient (Wildman–Crippen LogP) is 3.15. The number of rotatable bonds is 7. The summed E-state index contributed by atoms with van der Waals surface area (Å²) in [5.74, 6) is 0. The van der Waals surface area contributed by atoms with Gasteiger partial charge in [-0.25, -0.2) is 9.48 Å². The molecule has 0 aliphatic carbocycles. The lowest BCUT2D eigenvalue weighted by molar-refractivity contribution is 0.187. The Bertz CT molecular complexity index is 631. The third-order valence-corrected chi connectivity index (χ3v) is 3.71. The fraction of sp³-hybridized carbons (Fsp3) is 0.375. The van der Waals surface area contributed by atoms with Crippen molar-refractivity contribution in [3.05, 3.63) is 41.7 Å². The number of carbonyl (C=O) groups excluding carboxylic acids is 1. The van der Waals surface area contributed by atoms with E-state index in [1.807, 2.05) is 0 Å². The molecule has 0 spiro atoms. The average molecular weight is 337 g/mol. The maximum Gasteiger partial charge on any atom is 0.321 e. The van der Waals surface area contributed by atoms with Crippen LogP contribution in [0.4, 0.5) is 10.5 Å². The van der Waals surface area contributed by atoms with Crippen molar-refractivity contribution in [3.8, 4) is 5.69 Å². The summed E-state index contributed by atoms with van der Waals surface area (Å²) in [6, 6.07) is 6.82. The second-order valence-corrected chi connectivity index (χ2v) is 5.49. The number of aliphatic hydroxyl groups excluding tert-OH is 1. The molecule has 1 heterocycles. The Morgan fingerprint density at radius 2 is 2.22 bits per heavy atom. The highest BCUT2D eigenvalue weighted by Crippen LogP contribution is 2.28. The molecule has 0 bridgehead atoms. The summed E-state index contributed by atoms with van der Waals surface area (Å²) in [5.41, 5.74) is 1.19. The molecule has 2 rings (SSSR count). The van der Waals surface area contributed by atoms with Crippen molar-refractivity contribution < 1.29 is 9.90 Å². The topological polar surface area (TPSA) is 70.4 Å². The molecule has 0 atom stereocenters. The predicted molar refractivity (Wildman–Crippen MR) is 91.2 cm³/mol. The van der Waals surface area contributed by atoms with E-state index in [1.165, 1.54) is 0 Å². The van der Waals surface area contributed by atoms with Crippen LogP contribution in [0, 0.1) is 0 Å². The molecule has 2 N–H and O–H groups in total. The number of para-hydroxylation sites is 1. The lowest BCUT2D eigenvalue weighted by Crippen LogP contribution is -2.38. The van der Waals surface area contributed by atoms with Crippen LogP contribution in [-0.4, -0.2) is 45.5 Å². The third-order valence-electron chi connectivity index (χ3n) is 3.40. The van der Waals surface area contributed by atoms with Crippen LogP contribution < -0.4 is 5.32 Å². The second-order valence-electron chi connectivity index (χ2n) is 5.08. The second kappa shape index (κ2) is 8.55. The fourth-order valence-corrected chi connectivity index (χ4v) is 2.49. The number of nitrogens with zero attached hydrogens (tertiary/aromatic N) is 3. The number of benzene rings is 1. The van der Waals surface area contributed by atoms with Gasteiger partial charge in [-0.2, -0.15) is 5.10 Å². The molecule has 1 aromatic heterocycles. The number of hydrogen-bond acceptors (Lipinski definition) is 3. The van der Waals surface area contributed by atoms with Crippen LogP contribution in [-0.2, 0) is 0 Å². The van der Waals surface area contributed by atoms with Crippen LogP contribution in [0.25, 0.3) is 5.69 Å². The molecule has 2 amide bonds. The molecular weight excluding hydrogens is 316 g/mol. The van der Waals surface area contributed by atoms with Crippen LogP contribution in [0.15, 0.2) is 36.7 Å². The Labute approximate surface area is 140 Å². The van der Waals surface area contributed by atoms with Crippen molar-refractivity contribution in [1.29, 1.82) is 0 Å². The van der Waals surface area contributed by atoms with Gasteiger partial charge in [0.2, 0.25) is 0 Å². The first-order valence-corrected chi connectivity index (χ1v) is 8.00. The Kier molecular flexibility index (Phi) is 6.43. The molecule has 0 aliphatic rings. The van der Waals surface area contributed by atoms with Crippen molar-refractivity contribution in [2.24, 2.45) is 0 Å². The molecule has 23 heavy (non-hydrogen) atoms. The van der Waals surface area contributed by atoms with E-state index in [2.05, 4.69) is 17.3 Å². The first-order valence-electron chi connectivity index (χ1n) is 7.62. The van der Waals surface area contributed by atoms with E-state index in [1.54, 1.807) is 46.2 Å². The SMILES string of the molecule is CCCCN(CCO)C(=O)Nc1cccc(Cl)c1-n1cccn1. The Morgan fingerprint density at radius 3 is 2.87 bits per heavy atom. The zero-order valence-corrected chi connectivity index (χ0v) is 13.8. The van der Waals surface area contributed by atoms with E-state index in [0.29, 0.717) is 29.5 Å². The summed E-state index contributed by atoms with van der Waals surface area (Å²) in [6.07, 6.45) is 5.27. The van der Waals surface area contributed by atoms with E-state index in [0.717, 1.165) is 12.8 Å². The monoisotopic (exact) mass is 336 g/mol. The van der Waals surface area contributed by atoms with Crippen molar-refractivity contribution in [3.63, 3.8) is 0 Å². The summed E-state index contributed by atoms with van der Waals surface area (Å²) in [5, 5.41) is 16.7. The van der Waals surface area contributed by atoms with Gasteiger partial charge in [0.1, 0.15) is 5.69 Å². The molecule has 0 fully saturated rings. The average Bonchev–Trinajstić information content (AvgIpc) is 3.05. The maximum atomic E-state index is 12.5. The van der Waals surface area contributed by atoms with Crippen molar-refractivity contribution >= 4 is 23.3 Å². The molecular formula is C16H21ClN4O2. The van der Waals surface area contributed by atoms with Gasteiger partial charge < -0.3 is 15.3 Å². The van der Waals surface area contributed by atoms with Crippen molar-refractivity contribution in [1.82, 2.24) is 14.7 Å². The van der Waals surface area contributed by atoms with Gasteiger partial charge in [0.15, 0.2) is 0 Å². The lowest BCUT2D eigenvalue weighted by Gasteiger charge is -2.23. The summed E-state index contributed by atoms with van der Waals surface area (Å²) >= 11 is 6.26. The molecule has 0 unspecified atom stereocenters. The number of carbonyl (C=O) groups is 1. The highest BCUT2D eigenvalue weighted by Gasteiger charge is 2.16. The highest BCUT2D eigenvalue weighted by atomic mass is 35.5. The molecule has 124 valence electrons. The van der Waals surface area contributed by atoms with E-state index >= 15 is 0 Å². The van der Waals surface area contributed by atoms with Crippen LogP contribution in [0.3, 0.4) is 0 Å². The Morgan fingerprint density at radius 1 is 1.39 bits per heavy atom. The molecule has 7 heteroatoms. The number of amides is 2. The van der Waals surface area contributed by atoms with Crippen molar-refractivity contribution in [2.75, 3.05) is 25.0 Å². The Balaban J connectivity index is 2.22. The van der Waals surface area contributed by atoms with Crippen LogP contribution in [0.5, 0.6) is 0 Å². The minimum absolute atomic E-state index is 0.0707. The number of unbranched alkanes of at least 4 members (excludes halogenated alkanes) is 1. The van der Waals surface area contributed by atoms with Crippen LogP contribution in [0.1, 0.15) is 19.8 Å². The number of urea groups is 1. The summed E-state index contributed by atoms with van der Waals surface area (Å²) < 4.78 is 1.61. The first-order chi connectivity index (χ1) is 11.2. The molecule has 0 saturated carbocycles. The molecule has 0 saturated heterocycles. The smallest absolute Gasteiger partial charge is 0.321 e. The summed E-state index contributed by atoms with van der Waals surface area (Å²) in [7, 11) is 0. The maximum absolute atomic E-state index is 12.5. The summed E-state index contributed by atoms with van der Waals surface area (Å²) in [4.78, 5) is 14.1. The van der Waals surface area contributed by atoms with Crippen LogP contribution in [0.2, 0.25) is 5.02 Å². The van der Waals surface area contributed by atoms with Gasteiger partial charge in [-0.05, 0) is 24.6 Å². The molecule has 0 aliphatic heterocycles. The largest absolute Gasteiger partial charge is 0.395 e. The molecule has 1 aromatic carbocycles. The quantitative estimate of drug-likeness (QED) is 0.816. The van der Waals surface area contributed by atoms with Gasteiger partial charge in [0.25, 0.3) is 0 Å². The van der Waals surface area contributed by atoms with E-state index < -0.39 is 0 Å². The Hall–Kier alpha value is -2.05. The number of hydrogen-bond donors (Lipinski definition) is 2. The number of aromatic nitrogens is 2. The number of aliphatic hydroxyl groups is 1. The molecule has 0 radical (unpaired) electrons. The zero-order valence-electron chi connectivity index (χ0n) is 13.1. The van der Waals surface area contributed by atoms with E-state index in [-0.39, 0.29) is 12.6 Å². The standard InChI is InChI=1S/C16H21ClN4O2/c1-2-3-9-20(11-12-22)16(23)19-14-7-4-6-13(17)15(14)21-10-5-8-18-21/h4-8,10,22H,2-3,9,11-12H2,1H3,(H,19,23). The lowest BCUT2D eigenvalue weighted by atomic mass is 10.2. The molecule has 2 aromatic rings. The van der Waals surface area contributed by atoms with E-state index in [4.69, 9.17) is 16.7 Å². The normalized spacial score (nSPS) is 10.6. The van der Waals surface area contributed by atoms with Gasteiger partial charge in [0.05, 0.1) is 17.3 Å². The van der Waals surface area contributed by atoms with Crippen LogP contribution >= 0.6 is 11.6 Å². The minimum Gasteiger partial charge on any atom is -0.395 e. The number of anilines is 1. The van der Waals surface area contributed by atoms with Gasteiger partial charge in [-0.15, -0.1) is 0 Å². The van der Waals surface area contributed by atoms with Gasteiger partial charge >= 0.3 is 6.03 Å². The van der Waals surface area contributed by atoms with Crippen molar-refractivity contribution in [2.45, 2.75) is 19.8 Å². The van der Waals surface area contributed by atoms with E-state index in [9.17, 15) is 4.79 Å². The zero-order chi connectivity index (χ0) is 16.7. The first kappa shape index (κ1) is 17.3. The minimum atomic E-state index is -0.261. The third kappa shape index (κ3) is 4.46. The number of nitrogens with one attached hydrogen (secondary N) is 1. The summed E-state index contributed by atoms with van der Waals surface area (Å²) in [6.45, 7) is 2.88. The molecule has 6 nitrogen and oxygen atoms in total. The van der Waals surface area contributed by atoms with Gasteiger partial charge in [0, 0.05) is 25.5 Å². The van der Waals surface area contributed by atoms with Gasteiger partial charge in [-0.3, -0.25) is 0 Å².